The second-order valence-corrected chi connectivity index (χ2v) is 7.30. The Morgan fingerprint density at radius 1 is 1.00 bits per heavy atom. The van der Waals surface area contributed by atoms with Crippen molar-refractivity contribution in [2.24, 2.45) is 0 Å². The van der Waals surface area contributed by atoms with E-state index in [0.717, 1.165) is 29.1 Å². The van der Waals surface area contributed by atoms with Crippen molar-refractivity contribution >= 4 is 11.8 Å². The van der Waals surface area contributed by atoms with Gasteiger partial charge in [-0.15, -0.1) is 0 Å². The zero-order valence-electron chi connectivity index (χ0n) is 15.6. The molecule has 0 aliphatic carbocycles. The fraction of sp³-hybridized carbons (Fsp3) is 0.217. The number of hydrogen-bond donors (Lipinski definition) is 0. The quantitative estimate of drug-likeness (QED) is 0.676. The third-order valence-corrected chi connectivity index (χ3v) is 5.54. The predicted molar refractivity (Wildman–Crippen MR) is 105 cm³/mol. The van der Waals surface area contributed by atoms with Gasteiger partial charge in [-0.2, -0.15) is 0 Å². The van der Waals surface area contributed by atoms with Crippen LogP contribution in [0.4, 0.5) is 0 Å². The first-order chi connectivity index (χ1) is 13.6. The monoisotopic (exact) mass is 372 g/mol. The maximum Gasteiger partial charge on any atom is 0.256 e. The number of nitrogens with zero attached hydrogens (tertiary/aromatic N) is 2. The van der Waals surface area contributed by atoms with Crippen LogP contribution >= 0.6 is 0 Å². The lowest BCUT2D eigenvalue weighted by atomic mass is 10.0. The molecule has 5 rings (SSSR count). The number of carbonyl (C=O) groups excluding carboxylic acids is 2. The normalized spacial score (nSPS) is 18.2. The van der Waals surface area contributed by atoms with Gasteiger partial charge in [0.15, 0.2) is 0 Å². The van der Waals surface area contributed by atoms with Gasteiger partial charge in [-0.25, -0.2) is 0 Å². The zero-order valence-corrected chi connectivity index (χ0v) is 15.6. The van der Waals surface area contributed by atoms with Gasteiger partial charge >= 0.3 is 0 Å². The molecule has 140 valence electrons. The van der Waals surface area contributed by atoms with Crippen LogP contribution in [0.25, 0.3) is 11.3 Å². The highest BCUT2D eigenvalue weighted by atomic mass is 16.3. The van der Waals surface area contributed by atoms with Gasteiger partial charge in [0, 0.05) is 35.3 Å². The van der Waals surface area contributed by atoms with Gasteiger partial charge in [0.2, 0.25) is 0 Å². The second-order valence-electron chi connectivity index (χ2n) is 7.30. The van der Waals surface area contributed by atoms with Crippen LogP contribution in [0.5, 0.6) is 0 Å². The Morgan fingerprint density at radius 3 is 2.54 bits per heavy atom. The van der Waals surface area contributed by atoms with E-state index in [1.165, 1.54) is 0 Å². The number of aryl methyl sites for hydroxylation is 1. The average Bonchev–Trinajstić information content (AvgIpc) is 3.30. The van der Waals surface area contributed by atoms with Gasteiger partial charge in [-0.3, -0.25) is 9.59 Å². The molecular weight excluding hydrogens is 352 g/mol. The summed E-state index contributed by atoms with van der Waals surface area (Å²) >= 11 is 0. The Hall–Kier alpha value is -3.34. The van der Waals surface area contributed by atoms with Crippen molar-refractivity contribution < 1.29 is 14.0 Å². The van der Waals surface area contributed by atoms with E-state index in [2.05, 4.69) is 0 Å². The highest BCUT2D eigenvalue weighted by Crippen LogP contribution is 2.39. The molecule has 1 saturated heterocycles. The fourth-order valence-corrected chi connectivity index (χ4v) is 4.19. The van der Waals surface area contributed by atoms with E-state index in [1.807, 2.05) is 77.4 Å². The van der Waals surface area contributed by atoms with Gasteiger partial charge in [-0.05, 0) is 43.7 Å². The van der Waals surface area contributed by atoms with Crippen LogP contribution in [0, 0.1) is 6.92 Å². The summed E-state index contributed by atoms with van der Waals surface area (Å²) in [4.78, 5) is 29.6. The summed E-state index contributed by atoms with van der Waals surface area (Å²) in [6.07, 6.45) is 0.475. The average molecular weight is 372 g/mol. The standard InChI is InChI=1S/C23H20N2O3/c1-15-7-12-20(28-15)16-8-10-17(11-9-16)22(26)24-13-4-14-25-21(24)18-5-2-3-6-19(18)23(25)27/h2-3,5-12,21H,4,13-14H2,1H3. The summed E-state index contributed by atoms with van der Waals surface area (Å²) < 4.78 is 5.65. The number of furan rings is 1. The van der Waals surface area contributed by atoms with E-state index in [9.17, 15) is 9.59 Å². The van der Waals surface area contributed by atoms with Gasteiger partial charge in [0.05, 0.1) is 0 Å². The molecule has 1 atom stereocenters. The van der Waals surface area contributed by atoms with Crippen molar-refractivity contribution in [3.8, 4) is 11.3 Å². The van der Waals surface area contributed by atoms with Crippen LogP contribution < -0.4 is 0 Å². The largest absolute Gasteiger partial charge is 0.461 e. The summed E-state index contributed by atoms with van der Waals surface area (Å²) in [5.74, 6) is 1.60. The number of rotatable bonds is 2. The lowest BCUT2D eigenvalue weighted by molar-refractivity contribution is 0.0164. The summed E-state index contributed by atoms with van der Waals surface area (Å²) in [7, 11) is 0. The Balaban J connectivity index is 1.46. The Bertz CT molecular complexity index is 1070. The van der Waals surface area contributed by atoms with Gasteiger partial charge < -0.3 is 14.2 Å². The van der Waals surface area contributed by atoms with Crippen LogP contribution in [-0.2, 0) is 0 Å². The topological polar surface area (TPSA) is 53.8 Å². The van der Waals surface area contributed by atoms with E-state index < -0.39 is 0 Å². The zero-order chi connectivity index (χ0) is 19.3. The fourth-order valence-electron chi connectivity index (χ4n) is 4.19. The predicted octanol–water partition coefficient (Wildman–Crippen LogP) is 4.26. The maximum atomic E-state index is 13.3. The molecule has 1 fully saturated rings. The summed E-state index contributed by atoms with van der Waals surface area (Å²) in [5, 5.41) is 0. The molecule has 0 bridgehead atoms. The molecule has 0 radical (unpaired) electrons. The molecule has 28 heavy (non-hydrogen) atoms. The number of fused-ring (bicyclic) bond motifs is 3. The minimum absolute atomic E-state index is 0.0154. The number of benzene rings is 2. The third-order valence-electron chi connectivity index (χ3n) is 5.54. The molecule has 0 N–H and O–H groups in total. The molecular formula is C23H20N2O3. The van der Waals surface area contributed by atoms with E-state index in [-0.39, 0.29) is 18.0 Å². The first-order valence-corrected chi connectivity index (χ1v) is 9.51. The lowest BCUT2D eigenvalue weighted by Crippen LogP contribution is -2.48. The number of carbonyl (C=O) groups is 2. The van der Waals surface area contributed by atoms with Gasteiger partial charge in [0.25, 0.3) is 11.8 Å². The van der Waals surface area contributed by atoms with Crippen molar-refractivity contribution in [1.82, 2.24) is 9.80 Å². The Labute approximate surface area is 163 Å². The van der Waals surface area contributed by atoms with Crippen molar-refractivity contribution in [1.29, 1.82) is 0 Å². The first-order valence-electron chi connectivity index (χ1n) is 9.51. The minimum Gasteiger partial charge on any atom is -0.461 e. The number of hydrogen-bond acceptors (Lipinski definition) is 3. The van der Waals surface area contributed by atoms with E-state index in [0.29, 0.717) is 24.2 Å². The SMILES string of the molecule is Cc1ccc(-c2ccc(C(=O)N3CCCN4C(=O)c5ccccc5C34)cc2)o1. The molecule has 3 aromatic rings. The summed E-state index contributed by atoms with van der Waals surface area (Å²) in [6, 6.07) is 18.9. The van der Waals surface area contributed by atoms with Crippen molar-refractivity contribution in [2.75, 3.05) is 13.1 Å². The highest BCUT2D eigenvalue weighted by molar-refractivity contribution is 6.01. The lowest BCUT2D eigenvalue weighted by Gasteiger charge is -2.40. The Morgan fingerprint density at radius 2 is 1.79 bits per heavy atom. The molecule has 2 aliphatic rings. The molecule has 1 unspecified atom stereocenters. The van der Waals surface area contributed by atoms with Gasteiger partial charge in [0.1, 0.15) is 17.7 Å². The van der Waals surface area contributed by atoms with Crippen LogP contribution in [0.1, 0.15) is 44.6 Å². The van der Waals surface area contributed by atoms with E-state index >= 15 is 0 Å². The first kappa shape index (κ1) is 16.8. The van der Waals surface area contributed by atoms with Crippen LogP contribution in [0.3, 0.4) is 0 Å². The molecule has 5 heteroatoms. The highest BCUT2D eigenvalue weighted by Gasteiger charge is 2.43. The minimum atomic E-state index is -0.308. The van der Waals surface area contributed by atoms with E-state index in [1.54, 1.807) is 0 Å². The third kappa shape index (κ3) is 2.54. The van der Waals surface area contributed by atoms with E-state index in [4.69, 9.17) is 4.42 Å². The molecule has 5 nitrogen and oxygen atoms in total. The summed E-state index contributed by atoms with van der Waals surface area (Å²) in [5.41, 5.74) is 3.18. The molecule has 0 spiro atoms. The van der Waals surface area contributed by atoms with Gasteiger partial charge in [-0.1, -0.05) is 30.3 Å². The molecule has 0 saturated carbocycles. The molecule has 2 amide bonds. The molecule has 2 aliphatic heterocycles. The van der Waals surface area contributed by atoms with Crippen molar-refractivity contribution in [3.05, 3.63) is 83.1 Å². The summed E-state index contributed by atoms with van der Waals surface area (Å²) in [6.45, 7) is 3.23. The van der Waals surface area contributed by atoms with Crippen LogP contribution in [0.15, 0.2) is 65.1 Å². The van der Waals surface area contributed by atoms with Crippen LogP contribution in [0.2, 0.25) is 0 Å². The molecule has 1 aromatic heterocycles. The van der Waals surface area contributed by atoms with Crippen molar-refractivity contribution in [2.45, 2.75) is 19.5 Å². The molecule has 3 heterocycles. The maximum absolute atomic E-state index is 13.3. The number of amides is 2. The van der Waals surface area contributed by atoms with Crippen LogP contribution in [-0.4, -0.2) is 34.7 Å². The smallest absolute Gasteiger partial charge is 0.256 e. The molecule has 2 aromatic carbocycles. The Kier molecular flexibility index (Phi) is 3.83. The van der Waals surface area contributed by atoms with Crippen molar-refractivity contribution in [3.63, 3.8) is 0 Å². The second kappa shape index (κ2) is 6.37.